The van der Waals surface area contributed by atoms with Gasteiger partial charge in [-0.15, -0.1) is 0 Å². The summed E-state index contributed by atoms with van der Waals surface area (Å²) in [5, 5.41) is 5.64. The molecule has 0 spiro atoms. The van der Waals surface area contributed by atoms with Crippen molar-refractivity contribution in [3.63, 3.8) is 0 Å². The van der Waals surface area contributed by atoms with Crippen LogP contribution in [0.1, 0.15) is 11.1 Å². The zero-order valence-corrected chi connectivity index (χ0v) is 16.0. The fourth-order valence-corrected chi connectivity index (χ4v) is 3.07. The van der Waals surface area contributed by atoms with E-state index in [1.165, 1.54) is 6.07 Å². The Kier molecular flexibility index (Phi) is 6.60. The number of aryl methyl sites for hydroxylation is 1. The average Bonchev–Trinajstić information content (AvgIpc) is 2.69. The number of hydrogen-bond donors (Lipinski definition) is 2. The minimum Gasteiger partial charge on any atom is -0.334 e. The van der Waals surface area contributed by atoms with Gasteiger partial charge < -0.3 is 15.5 Å². The molecule has 1 saturated heterocycles. The summed E-state index contributed by atoms with van der Waals surface area (Å²) >= 11 is 0. The van der Waals surface area contributed by atoms with Crippen LogP contribution in [-0.2, 0) is 11.3 Å². The highest BCUT2D eigenvalue weighted by Gasteiger charge is 2.22. The number of amides is 3. The maximum atomic E-state index is 13.6. The number of anilines is 1. The van der Waals surface area contributed by atoms with E-state index in [1.54, 1.807) is 23.1 Å². The van der Waals surface area contributed by atoms with Crippen LogP contribution in [0.15, 0.2) is 48.5 Å². The summed E-state index contributed by atoms with van der Waals surface area (Å²) in [5.41, 5.74) is 2.38. The Labute approximate surface area is 164 Å². The Bertz CT molecular complexity index is 817. The summed E-state index contributed by atoms with van der Waals surface area (Å²) in [6.45, 7) is 4.74. The van der Waals surface area contributed by atoms with E-state index in [9.17, 15) is 14.0 Å². The van der Waals surface area contributed by atoms with E-state index >= 15 is 0 Å². The highest BCUT2D eigenvalue weighted by molar-refractivity contribution is 5.92. The molecule has 0 atom stereocenters. The molecule has 0 saturated carbocycles. The van der Waals surface area contributed by atoms with Crippen molar-refractivity contribution in [2.45, 2.75) is 13.5 Å². The monoisotopic (exact) mass is 384 g/mol. The first-order valence-electron chi connectivity index (χ1n) is 9.36. The van der Waals surface area contributed by atoms with Gasteiger partial charge in [-0.1, -0.05) is 35.9 Å². The Morgan fingerprint density at radius 2 is 1.68 bits per heavy atom. The maximum absolute atomic E-state index is 13.6. The Balaban J connectivity index is 1.40. The molecule has 2 aromatic carbocycles. The number of carbonyl (C=O) groups is 2. The molecule has 6 nitrogen and oxygen atoms in total. The Hall–Kier alpha value is -2.93. The quantitative estimate of drug-likeness (QED) is 0.833. The van der Waals surface area contributed by atoms with Crippen molar-refractivity contribution in [2.75, 3.05) is 38.0 Å². The molecule has 1 heterocycles. The first-order chi connectivity index (χ1) is 13.5. The minimum absolute atomic E-state index is 0.0682. The summed E-state index contributed by atoms with van der Waals surface area (Å²) in [7, 11) is 0. The fraction of sp³-hybridized carbons (Fsp3) is 0.333. The maximum Gasteiger partial charge on any atom is 0.317 e. The molecule has 148 valence electrons. The molecule has 2 aromatic rings. The molecule has 0 unspecified atom stereocenters. The molecule has 3 rings (SSSR count). The fourth-order valence-electron chi connectivity index (χ4n) is 3.07. The lowest BCUT2D eigenvalue weighted by atomic mass is 10.2. The lowest BCUT2D eigenvalue weighted by molar-refractivity contribution is -0.117. The number of hydrogen-bond acceptors (Lipinski definition) is 3. The normalized spacial score (nSPS) is 14.6. The van der Waals surface area contributed by atoms with Crippen LogP contribution in [0.5, 0.6) is 0 Å². The standard InChI is InChI=1S/C21H25FN4O2/c1-16-6-8-18(9-7-16)24-20(27)15-25-10-12-26(13-11-25)21(28)23-14-17-4-2-3-5-19(17)22/h2-9H,10-15H2,1H3,(H,23,28)(H,24,27). The van der Waals surface area contributed by atoms with Gasteiger partial charge in [-0.05, 0) is 25.1 Å². The van der Waals surface area contributed by atoms with Crippen molar-refractivity contribution in [2.24, 2.45) is 0 Å². The van der Waals surface area contributed by atoms with Gasteiger partial charge in [-0.2, -0.15) is 0 Å². The second-order valence-electron chi connectivity index (χ2n) is 6.93. The van der Waals surface area contributed by atoms with Crippen LogP contribution in [0.3, 0.4) is 0 Å². The summed E-state index contributed by atoms with van der Waals surface area (Å²) in [5.74, 6) is -0.395. The summed E-state index contributed by atoms with van der Waals surface area (Å²) in [6, 6.07) is 13.8. The molecule has 1 aliphatic heterocycles. The minimum atomic E-state index is -0.327. The van der Waals surface area contributed by atoms with Gasteiger partial charge in [0.25, 0.3) is 0 Å². The molecule has 0 bridgehead atoms. The van der Waals surface area contributed by atoms with Crippen molar-refractivity contribution in [3.05, 3.63) is 65.5 Å². The molecule has 3 amide bonds. The molecule has 0 aromatic heterocycles. The highest BCUT2D eigenvalue weighted by Crippen LogP contribution is 2.10. The van der Waals surface area contributed by atoms with Crippen LogP contribution in [0.2, 0.25) is 0 Å². The van der Waals surface area contributed by atoms with Crippen molar-refractivity contribution in [1.29, 1.82) is 0 Å². The number of piperazine rings is 1. The SMILES string of the molecule is Cc1ccc(NC(=O)CN2CCN(C(=O)NCc3ccccc3F)CC2)cc1. The first-order valence-corrected chi connectivity index (χ1v) is 9.36. The summed E-state index contributed by atoms with van der Waals surface area (Å²) < 4.78 is 13.6. The van der Waals surface area contributed by atoms with E-state index in [-0.39, 0.29) is 24.3 Å². The second kappa shape index (κ2) is 9.32. The van der Waals surface area contributed by atoms with Gasteiger partial charge in [-0.25, -0.2) is 9.18 Å². The molecular weight excluding hydrogens is 359 g/mol. The van der Waals surface area contributed by atoms with Gasteiger partial charge in [0.1, 0.15) is 5.82 Å². The van der Waals surface area contributed by atoms with E-state index in [0.717, 1.165) is 11.3 Å². The molecule has 2 N–H and O–H groups in total. The van der Waals surface area contributed by atoms with Crippen LogP contribution in [0, 0.1) is 12.7 Å². The van der Waals surface area contributed by atoms with Gasteiger partial charge in [0.2, 0.25) is 5.91 Å². The highest BCUT2D eigenvalue weighted by atomic mass is 19.1. The third kappa shape index (κ3) is 5.53. The average molecular weight is 384 g/mol. The molecular formula is C21H25FN4O2. The van der Waals surface area contributed by atoms with Crippen molar-refractivity contribution >= 4 is 17.6 Å². The van der Waals surface area contributed by atoms with E-state index in [2.05, 4.69) is 10.6 Å². The topological polar surface area (TPSA) is 64.7 Å². The van der Waals surface area contributed by atoms with Crippen LogP contribution in [0.4, 0.5) is 14.9 Å². The number of nitrogens with zero attached hydrogens (tertiary/aromatic N) is 2. The smallest absolute Gasteiger partial charge is 0.317 e. The number of rotatable bonds is 5. The summed E-state index contributed by atoms with van der Waals surface area (Å²) in [4.78, 5) is 28.2. The van der Waals surface area contributed by atoms with Gasteiger partial charge >= 0.3 is 6.03 Å². The van der Waals surface area contributed by atoms with Gasteiger partial charge in [0.05, 0.1) is 6.54 Å². The molecule has 0 radical (unpaired) electrons. The van der Waals surface area contributed by atoms with Gasteiger partial charge in [-0.3, -0.25) is 9.69 Å². The predicted octanol–water partition coefficient (Wildman–Crippen LogP) is 2.60. The zero-order chi connectivity index (χ0) is 19.9. The predicted molar refractivity (Wildman–Crippen MR) is 106 cm³/mol. The van der Waals surface area contributed by atoms with Gasteiger partial charge in [0.15, 0.2) is 0 Å². The Morgan fingerprint density at radius 3 is 2.36 bits per heavy atom. The third-order valence-corrected chi connectivity index (χ3v) is 4.75. The van der Waals surface area contributed by atoms with Crippen LogP contribution in [0.25, 0.3) is 0 Å². The van der Waals surface area contributed by atoms with Crippen molar-refractivity contribution < 1.29 is 14.0 Å². The second-order valence-corrected chi connectivity index (χ2v) is 6.93. The molecule has 7 heteroatoms. The molecule has 0 aliphatic carbocycles. The molecule has 1 aliphatic rings. The lowest BCUT2D eigenvalue weighted by Crippen LogP contribution is -2.52. The number of urea groups is 1. The van der Waals surface area contributed by atoms with E-state index in [0.29, 0.717) is 38.3 Å². The van der Waals surface area contributed by atoms with Crippen LogP contribution >= 0.6 is 0 Å². The van der Waals surface area contributed by atoms with Crippen molar-refractivity contribution in [3.8, 4) is 0 Å². The van der Waals surface area contributed by atoms with Gasteiger partial charge in [0, 0.05) is 44.0 Å². The number of carbonyl (C=O) groups excluding carboxylic acids is 2. The van der Waals surface area contributed by atoms with Crippen LogP contribution in [-0.4, -0.2) is 54.5 Å². The van der Waals surface area contributed by atoms with E-state index in [1.807, 2.05) is 36.1 Å². The summed E-state index contributed by atoms with van der Waals surface area (Å²) in [6.07, 6.45) is 0. The molecule has 28 heavy (non-hydrogen) atoms. The lowest BCUT2D eigenvalue weighted by Gasteiger charge is -2.34. The first kappa shape index (κ1) is 19.8. The van der Waals surface area contributed by atoms with Crippen LogP contribution < -0.4 is 10.6 Å². The van der Waals surface area contributed by atoms with Crippen molar-refractivity contribution in [1.82, 2.24) is 15.1 Å². The Morgan fingerprint density at radius 1 is 1.00 bits per heavy atom. The van der Waals surface area contributed by atoms with E-state index < -0.39 is 0 Å². The number of benzene rings is 2. The zero-order valence-electron chi connectivity index (χ0n) is 16.0. The largest absolute Gasteiger partial charge is 0.334 e. The van der Waals surface area contributed by atoms with E-state index in [4.69, 9.17) is 0 Å². The third-order valence-electron chi connectivity index (χ3n) is 4.75. The number of nitrogens with one attached hydrogen (secondary N) is 2. The molecule has 1 fully saturated rings. The number of halogens is 1.